The van der Waals surface area contributed by atoms with Crippen LogP contribution in [0.5, 0.6) is 11.5 Å². The van der Waals surface area contributed by atoms with Gasteiger partial charge in [-0.15, -0.1) is 0 Å². The highest BCUT2D eigenvalue weighted by molar-refractivity contribution is 6.30. The standard InChI is InChI=1S/C20H21ClO6/c1-3-24-10-11-25-20(23)15-4-7-17(8-5-15)27-19(22)13-26-18-9-6-16(21)12-14(18)2/h4-9,12H,3,10-11,13H2,1-2H3. The first-order valence-electron chi connectivity index (χ1n) is 8.44. The van der Waals surface area contributed by atoms with Gasteiger partial charge in [-0.05, 0) is 61.9 Å². The Balaban J connectivity index is 1.81. The number of rotatable bonds is 9. The molecule has 0 amide bonds. The SMILES string of the molecule is CCOCCOC(=O)c1ccc(OC(=O)COc2ccc(Cl)cc2C)cc1. The normalized spacial score (nSPS) is 10.3. The molecule has 0 aliphatic carbocycles. The molecule has 0 aromatic heterocycles. The summed E-state index contributed by atoms with van der Waals surface area (Å²) in [5, 5.41) is 0.596. The molecule has 144 valence electrons. The molecular weight excluding hydrogens is 372 g/mol. The smallest absolute Gasteiger partial charge is 0.349 e. The summed E-state index contributed by atoms with van der Waals surface area (Å²) in [4.78, 5) is 23.7. The minimum Gasteiger partial charge on any atom is -0.482 e. The summed E-state index contributed by atoms with van der Waals surface area (Å²) in [6.45, 7) is 4.56. The van der Waals surface area contributed by atoms with Crippen molar-refractivity contribution in [2.24, 2.45) is 0 Å². The highest BCUT2D eigenvalue weighted by Gasteiger charge is 2.10. The van der Waals surface area contributed by atoms with Gasteiger partial charge in [0.15, 0.2) is 6.61 Å². The van der Waals surface area contributed by atoms with Crippen molar-refractivity contribution in [1.82, 2.24) is 0 Å². The maximum absolute atomic E-state index is 11.9. The average molecular weight is 393 g/mol. The monoisotopic (exact) mass is 392 g/mol. The molecular formula is C20H21ClO6. The van der Waals surface area contributed by atoms with Gasteiger partial charge < -0.3 is 18.9 Å². The van der Waals surface area contributed by atoms with Crippen LogP contribution in [-0.2, 0) is 14.3 Å². The van der Waals surface area contributed by atoms with E-state index < -0.39 is 11.9 Å². The van der Waals surface area contributed by atoms with Gasteiger partial charge in [0.05, 0.1) is 12.2 Å². The molecule has 0 saturated heterocycles. The second kappa shape index (κ2) is 10.5. The van der Waals surface area contributed by atoms with Crippen LogP contribution in [0, 0.1) is 6.92 Å². The maximum atomic E-state index is 11.9. The van der Waals surface area contributed by atoms with Gasteiger partial charge in [0.2, 0.25) is 0 Å². The summed E-state index contributed by atoms with van der Waals surface area (Å²) in [6.07, 6.45) is 0. The van der Waals surface area contributed by atoms with Crippen LogP contribution in [0.25, 0.3) is 0 Å². The molecule has 2 aromatic carbocycles. The zero-order valence-corrected chi connectivity index (χ0v) is 16.0. The maximum Gasteiger partial charge on any atom is 0.349 e. The molecule has 7 heteroatoms. The number of carbonyl (C=O) groups excluding carboxylic acids is 2. The van der Waals surface area contributed by atoms with Gasteiger partial charge in [0.1, 0.15) is 18.1 Å². The van der Waals surface area contributed by atoms with E-state index in [9.17, 15) is 9.59 Å². The van der Waals surface area contributed by atoms with E-state index in [0.717, 1.165) is 5.56 Å². The minimum atomic E-state index is -0.559. The molecule has 0 fully saturated rings. The van der Waals surface area contributed by atoms with Crippen LogP contribution < -0.4 is 9.47 Å². The summed E-state index contributed by atoms with van der Waals surface area (Å²) >= 11 is 5.88. The summed E-state index contributed by atoms with van der Waals surface area (Å²) in [5.74, 6) is -0.158. The van der Waals surface area contributed by atoms with E-state index in [1.807, 2.05) is 13.8 Å². The van der Waals surface area contributed by atoms with Crippen molar-refractivity contribution < 1.29 is 28.5 Å². The van der Waals surface area contributed by atoms with Gasteiger partial charge in [0.25, 0.3) is 0 Å². The van der Waals surface area contributed by atoms with E-state index in [2.05, 4.69) is 0 Å². The van der Waals surface area contributed by atoms with Crippen LogP contribution in [0.2, 0.25) is 5.02 Å². The van der Waals surface area contributed by atoms with Crippen molar-refractivity contribution in [2.75, 3.05) is 26.4 Å². The minimum absolute atomic E-state index is 0.185. The predicted molar refractivity (Wildman–Crippen MR) is 101 cm³/mol. The number of hydrogen-bond acceptors (Lipinski definition) is 6. The number of aryl methyl sites for hydroxylation is 1. The largest absolute Gasteiger partial charge is 0.482 e. The van der Waals surface area contributed by atoms with Gasteiger partial charge in [-0.3, -0.25) is 0 Å². The fourth-order valence-corrected chi connectivity index (χ4v) is 2.38. The summed E-state index contributed by atoms with van der Waals surface area (Å²) < 4.78 is 20.8. The van der Waals surface area contributed by atoms with E-state index in [1.54, 1.807) is 18.2 Å². The van der Waals surface area contributed by atoms with Crippen LogP contribution >= 0.6 is 11.6 Å². The Hall–Kier alpha value is -2.57. The van der Waals surface area contributed by atoms with Gasteiger partial charge in [-0.1, -0.05) is 11.6 Å². The van der Waals surface area contributed by atoms with E-state index in [1.165, 1.54) is 24.3 Å². The lowest BCUT2D eigenvalue weighted by atomic mass is 10.2. The number of esters is 2. The molecule has 2 aromatic rings. The Morgan fingerprint density at radius 1 is 1.04 bits per heavy atom. The van der Waals surface area contributed by atoms with E-state index >= 15 is 0 Å². The third-order valence-electron chi connectivity index (χ3n) is 3.47. The average Bonchev–Trinajstić information content (AvgIpc) is 2.65. The molecule has 0 bridgehead atoms. The van der Waals surface area contributed by atoms with E-state index in [4.69, 9.17) is 30.5 Å². The van der Waals surface area contributed by atoms with E-state index in [-0.39, 0.29) is 13.2 Å². The molecule has 0 heterocycles. The Kier molecular flexibility index (Phi) is 8.10. The van der Waals surface area contributed by atoms with Crippen LogP contribution in [-0.4, -0.2) is 38.4 Å². The molecule has 0 N–H and O–H groups in total. The second-order valence-corrected chi connectivity index (χ2v) is 5.97. The second-order valence-electron chi connectivity index (χ2n) is 5.53. The van der Waals surface area contributed by atoms with Gasteiger partial charge in [-0.2, -0.15) is 0 Å². The number of halogens is 1. The molecule has 0 spiro atoms. The van der Waals surface area contributed by atoms with Crippen LogP contribution in [0.15, 0.2) is 42.5 Å². The Bertz CT molecular complexity index is 773. The fourth-order valence-electron chi connectivity index (χ4n) is 2.15. The lowest BCUT2D eigenvalue weighted by Crippen LogP contribution is -2.18. The van der Waals surface area contributed by atoms with Crippen molar-refractivity contribution in [2.45, 2.75) is 13.8 Å². The lowest BCUT2D eigenvalue weighted by Gasteiger charge is -2.09. The first kappa shape index (κ1) is 20.7. The molecule has 6 nitrogen and oxygen atoms in total. The molecule has 0 aliphatic rings. The van der Waals surface area contributed by atoms with Crippen LogP contribution in [0.1, 0.15) is 22.8 Å². The fraction of sp³-hybridized carbons (Fsp3) is 0.300. The molecule has 0 atom stereocenters. The zero-order chi connectivity index (χ0) is 19.6. The van der Waals surface area contributed by atoms with Crippen molar-refractivity contribution >= 4 is 23.5 Å². The molecule has 0 aliphatic heterocycles. The zero-order valence-electron chi connectivity index (χ0n) is 15.2. The van der Waals surface area contributed by atoms with Crippen molar-refractivity contribution in [3.05, 3.63) is 58.6 Å². The highest BCUT2D eigenvalue weighted by atomic mass is 35.5. The first-order valence-corrected chi connectivity index (χ1v) is 8.82. The van der Waals surface area contributed by atoms with Crippen LogP contribution in [0.4, 0.5) is 0 Å². The molecule has 0 radical (unpaired) electrons. The molecule has 0 saturated carbocycles. The molecule has 27 heavy (non-hydrogen) atoms. The van der Waals surface area contributed by atoms with Gasteiger partial charge in [0, 0.05) is 11.6 Å². The Morgan fingerprint density at radius 3 is 2.44 bits per heavy atom. The summed E-state index contributed by atoms with van der Waals surface area (Å²) in [5.41, 5.74) is 1.18. The Labute approximate surface area is 162 Å². The third kappa shape index (κ3) is 6.92. The van der Waals surface area contributed by atoms with Crippen molar-refractivity contribution in [1.29, 1.82) is 0 Å². The number of hydrogen-bond donors (Lipinski definition) is 0. The van der Waals surface area contributed by atoms with Crippen molar-refractivity contribution in [3.8, 4) is 11.5 Å². The molecule has 0 unspecified atom stereocenters. The third-order valence-corrected chi connectivity index (χ3v) is 3.70. The van der Waals surface area contributed by atoms with Gasteiger partial charge in [-0.25, -0.2) is 9.59 Å². The van der Waals surface area contributed by atoms with Gasteiger partial charge >= 0.3 is 11.9 Å². The topological polar surface area (TPSA) is 71.1 Å². The number of ether oxygens (including phenoxy) is 4. The highest BCUT2D eigenvalue weighted by Crippen LogP contribution is 2.22. The number of benzene rings is 2. The first-order chi connectivity index (χ1) is 13.0. The lowest BCUT2D eigenvalue weighted by molar-refractivity contribution is -0.136. The summed E-state index contributed by atoms with van der Waals surface area (Å²) in [7, 11) is 0. The quantitative estimate of drug-likeness (QED) is 0.367. The van der Waals surface area contributed by atoms with Crippen LogP contribution in [0.3, 0.4) is 0 Å². The van der Waals surface area contributed by atoms with Crippen molar-refractivity contribution in [3.63, 3.8) is 0 Å². The number of carbonyl (C=O) groups is 2. The van der Waals surface area contributed by atoms with E-state index in [0.29, 0.717) is 35.3 Å². The molecule has 2 rings (SSSR count). The Morgan fingerprint density at radius 2 is 1.78 bits per heavy atom. The summed E-state index contributed by atoms with van der Waals surface area (Å²) in [6, 6.07) is 11.2. The predicted octanol–water partition coefficient (Wildman–Crippen LogP) is 3.83.